The summed E-state index contributed by atoms with van der Waals surface area (Å²) in [4.78, 5) is 62.5. The lowest BCUT2D eigenvalue weighted by atomic mass is 10.0. The van der Waals surface area contributed by atoms with Gasteiger partial charge >= 0.3 is 0 Å². The molecule has 2 aliphatic rings. The van der Waals surface area contributed by atoms with Gasteiger partial charge in [-0.2, -0.15) is 0 Å². The number of piperidine rings is 1. The van der Waals surface area contributed by atoms with Crippen molar-refractivity contribution in [2.75, 3.05) is 49.4 Å². The number of hydrogen-bond donors (Lipinski definition) is 2. The van der Waals surface area contributed by atoms with E-state index >= 15 is 0 Å². The quantitative estimate of drug-likeness (QED) is 0.160. The van der Waals surface area contributed by atoms with Crippen molar-refractivity contribution >= 4 is 57.8 Å². The minimum atomic E-state index is -1.08. The first kappa shape index (κ1) is 25.2. The fourth-order valence-corrected chi connectivity index (χ4v) is 3.78. The maximum absolute atomic E-state index is 13.0. The zero-order valence-corrected chi connectivity index (χ0v) is 19.9. The molecule has 11 nitrogen and oxygen atoms in total. The van der Waals surface area contributed by atoms with Crippen LogP contribution < -0.4 is 10.6 Å². The maximum Gasteiger partial charge on any atom is 0.264 e. The minimum absolute atomic E-state index is 0.00962. The Bertz CT molecular complexity index is 938. The summed E-state index contributed by atoms with van der Waals surface area (Å²) < 4.78 is 16.8. The van der Waals surface area contributed by atoms with Gasteiger partial charge in [0.25, 0.3) is 11.8 Å². The van der Waals surface area contributed by atoms with E-state index in [1.807, 2.05) is 0 Å². The van der Waals surface area contributed by atoms with Gasteiger partial charge in [-0.1, -0.05) is 28.7 Å². The summed E-state index contributed by atoms with van der Waals surface area (Å²) in [6, 6.07) is 3.40. The monoisotopic (exact) mass is 573 g/mol. The average Bonchev–Trinajstić information content (AvgIpc) is 3.04. The first-order valence-corrected chi connectivity index (χ1v) is 11.9. The number of carbonyl (C=O) groups excluding carboxylic acids is 5. The van der Waals surface area contributed by atoms with Crippen molar-refractivity contribution in [3.05, 3.63) is 29.3 Å². The summed E-state index contributed by atoms with van der Waals surface area (Å²) in [5.74, 6) is -2.99. The summed E-state index contributed by atoms with van der Waals surface area (Å²) in [6.45, 7) is 1.83. The van der Waals surface area contributed by atoms with Gasteiger partial charge < -0.3 is 19.5 Å². The number of hydrogen-bond acceptors (Lipinski definition) is 8. The molecule has 2 aliphatic heterocycles. The molecule has 1 unspecified atom stereocenters. The van der Waals surface area contributed by atoms with Crippen molar-refractivity contribution < 1.29 is 38.2 Å². The number of alkyl halides is 1. The summed E-state index contributed by atoms with van der Waals surface area (Å²) in [5.41, 5.74) is 0.245. The van der Waals surface area contributed by atoms with Crippen LogP contribution in [0.15, 0.2) is 18.2 Å². The summed E-state index contributed by atoms with van der Waals surface area (Å²) in [5, 5.41) is 4.72. The molecule has 1 saturated heterocycles. The lowest BCUT2D eigenvalue weighted by molar-refractivity contribution is -0.136. The molecule has 0 radical (unpaired) electrons. The van der Waals surface area contributed by atoms with Crippen LogP contribution in [-0.2, 0) is 28.6 Å². The predicted octanol–water partition coefficient (Wildman–Crippen LogP) is 0.511. The van der Waals surface area contributed by atoms with Crippen LogP contribution in [0.4, 0.5) is 5.69 Å². The van der Waals surface area contributed by atoms with Crippen LogP contribution in [-0.4, -0.2) is 84.5 Å². The van der Waals surface area contributed by atoms with Crippen molar-refractivity contribution in [2.24, 2.45) is 0 Å². The molecule has 2 N–H and O–H groups in total. The Morgan fingerprint density at radius 3 is 2.42 bits per heavy atom. The van der Waals surface area contributed by atoms with Crippen molar-refractivity contribution in [3.8, 4) is 0 Å². The second kappa shape index (κ2) is 12.2. The fraction of sp³-hybridized carbons (Fsp3) is 0.476. The van der Waals surface area contributed by atoms with Gasteiger partial charge in [0.1, 0.15) is 12.6 Å². The molecule has 1 aromatic rings. The van der Waals surface area contributed by atoms with Gasteiger partial charge in [-0.15, -0.1) is 0 Å². The number of nitrogens with zero attached hydrogens (tertiary/aromatic N) is 1. The number of rotatable bonds is 12. The van der Waals surface area contributed by atoms with Gasteiger partial charge in [0.2, 0.25) is 17.7 Å². The van der Waals surface area contributed by atoms with Gasteiger partial charge in [0, 0.05) is 10.8 Å². The first-order chi connectivity index (χ1) is 15.9. The van der Waals surface area contributed by atoms with E-state index in [-0.39, 0.29) is 42.9 Å². The Balaban J connectivity index is 1.52. The summed E-state index contributed by atoms with van der Waals surface area (Å²) in [6.07, 6.45) is 0.0814. The molecule has 178 valence electrons. The second-order valence-corrected chi connectivity index (χ2v) is 8.27. The number of ether oxygens (including phenoxy) is 3. The van der Waals surface area contributed by atoms with Gasteiger partial charge in [-0.25, -0.2) is 0 Å². The van der Waals surface area contributed by atoms with Crippen LogP contribution in [0.25, 0.3) is 0 Å². The van der Waals surface area contributed by atoms with Gasteiger partial charge in [0.15, 0.2) is 0 Å². The van der Waals surface area contributed by atoms with Crippen LogP contribution in [0, 0.1) is 0 Å². The van der Waals surface area contributed by atoms with Crippen molar-refractivity contribution in [1.82, 2.24) is 10.2 Å². The van der Waals surface area contributed by atoms with E-state index in [0.29, 0.717) is 26.4 Å². The molecular formula is C21H24IN3O8. The molecule has 1 aromatic carbocycles. The standard InChI is InChI=1S/C21H24IN3O8/c22-6-7-31-8-9-32-10-11-33-12-17(27)23-14-3-1-2-13-18(14)21(30)25(20(13)29)15-4-5-16(26)24-19(15)28/h1-3,15H,4-12H2,(H,23,27)(H,24,26,28). The zero-order chi connectivity index (χ0) is 23.8. The third-order valence-electron chi connectivity index (χ3n) is 4.94. The van der Waals surface area contributed by atoms with Crippen LogP contribution in [0.5, 0.6) is 0 Å². The number of amides is 5. The molecule has 3 rings (SSSR count). The van der Waals surface area contributed by atoms with E-state index in [2.05, 4.69) is 33.2 Å². The highest BCUT2D eigenvalue weighted by Gasteiger charge is 2.45. The van der Waals surface area contributed by atoms with Gasteiger partial charge in [-0.3, -0.25) is 34.2 Å². The Morgan fingerprint density at radius 2 is 1.73 bits per heavy atom. The van der Waals surface area contributed by atoms with Crippen molar-refractivity contribution in [1.29, 1.82) is 0 Å². The van der Waals surface area contributed by atoms with Crippen LogP contribution in [0.3, 0.4) is 0 Å². The maximum atomic E-state index is 13.0. The second-order valence-electron chi connectivity index (χ2n) is 7.19. The molecule has 1 fully saturated rings. The van der Waals surface area contributed by atoms with E-state index in [1.54, 1.807) is 0 Å². The fourth-order valence-electron chi connectivity index (χ4n) is 3.46. The normalized spacial score (nSPS) is 17.8. The number of anilines is 1. The third kappa shape index (κ3) is 6.34. The van der Waals surface area contributed by atoms with Gasteiger partial charge in [0.05, 0.1) is 49.8 Å². The lowest BCUT2D eigenvalue weighted by Gasteiger charge is -2.27. The first-order valence-electron chi connectivity index (χ1n) is 10.4. The molecule has 0 spiro atoms. The molecule has 0 aliphatic carbocycles. The molecule has 12 heteroatoms. The molecule has 33 heavy (non-hydrogen) atoms. The molecule has 0 bridgehead atoms. The molecule has 0 aromatic heterocycles. The summed E-state index contributed by atoms with van der Waals surface area (Å²) >= 11 is 2.22. The summed E-state index contributed by atoms with van der Waals surface area (Å²) in [7, 11) is 0. The van der Waals surface area contributed by atoms with Crippen LogP contribution in [0.1, 0.15) is 33.6 Å². The average molecular weight is 573 g/mol. The number of benzene rings is 1. The van der Waals surface area contributed by atoms with Gasteiger partial charge in [-0.05, 0) is 18.6 Å². The third-order valence-corrected chi connectivity index (χ3v) is 5.38. The minimum Gasteiger partial charge on any atom is -0.378 e. The SMILES string of the molecule is O=C1CCC(N2C(=O)c3cccc(NC(=O)COCCOCCOCCI)c3C2=O)C(=O)N1. The zero-order valence-electron chi connectivity index (χ0n) is 17.8. The molecule has 0 saturated carbocycles. The Kier molecular flexibility index (Phi) is 9.29. The van der Waals surface area contributed by atoms with Crippen molar-refractivity contribution in [3.63, 3.8) is 0 Å². The lowest BCUT2D eigenvalue weighted by Crippen LogP contribution is -2.54. The topological polar surface area (TPSA) is 140 Å². The molecule has 2 heterocycles. The van der Waals surface area contributed by atoms with E-state index < -0.39 is 35.6 Å². The van der Waals surface area contributed by atoms with Crippen LogP contribution >= 0.6 is 22.6 Å². The highest BCUT2D eigenvalue weighted by atomic mass is 127. The highest BCUT2D eigenvalue weighted by Crippen LogP contribution is 2.32. The Morgan fingerprint density at radius 1 is 1.03 bits per heavy atom. The molecule has 1 atom stereocenters. The molecular weight excluding hydrogens is 549 g/mol. The Labute approximate surface area is 203 Å². The number of nitrogens with one attached hydrogen (secondary N) is 2. The number of carbonyl (C=O) groups is 5. The van der Waals surface area contributed by atoms with Crippen LogP contribution in [0.2, 0.25) is 0 Å². The van der Waals surface area contributed by atoms with E-state index in [4.69, 9.17) is 14.2 Å². The van der Waals surface area contributed by atoms with E-state index in [9.17, 15) is 24.0 Å². The Hall–Kier alpha value is -2.42. The highest BCUT2D eigenvalue weighted by molar-refractivity contribution is 14.1. The number of halogens is 1. The largest absolute Gasteiger partial charge is 0.378 e. The predicted molar refractivity (Wildman–Crippen MR) is 123 cm³/mol. The van der Waals surface area contributed by atoms with E-state index in [1.165, 1.54) is 18.2 Å². The smallest absolute Gasteiger partial charge is 0.264 e. The van der Waals surface area contributed by atoms with Crippen molar-refractivity contribution in [2.45, 2.75) is 18.9 Å². The molecule has 5 amide bonds. The van der Waals surface area contributed by atoms with E-state index in [0.717, 1.165) is 9.33 Å². The number of imide groups is 2. The number of fused-ring (bicyclic) bond motifs is 1.